The topological polar surface area (TPSA) is 76.4 Å². The van der Waals surface area contributed by atoms with Crippen LogP contribution in [-0.2, 0) is 12.8 Å². The maximum Gasteiger partial charge on any atom is 0.255 e. The molecule has 0 aliphatic heterocycles. The molecule has 1 atom stereocenters. The first-order chi connectivity index (χ1) is 12.5. The highest BCUT2D eigenvalue weighted by molar-refractivity contribution is 5.97. The average molecular weight is 349 g/mol. The van der Waals surface area contributed by atoms with Gasteiger partial charge in [0.25, 0.3) is 5.91 Å². The molecule has 1 aliphatic carbocycles. The van der Waals surface area contributed by atoms with Gasteiger partial charge in [-0.15, -0.1) is 0 Å². The van der Waals surface area contributed by atoms with Gasteiger partial charge in [0, 0.05) is 30.9 Å². The number of anilines is 1. The lowest BCUT2D eigenvalue weighted by molar-refractivity contribution is 0.0936. The third-order valence-corrected chi connectivity index (χ3v) is 4.96. The summed E-state index contributed by atoms with van der Waals surface area (Å²) in [5.41, 5.74) is 4.10. The smallest absolute Gasteiger partial charge is 0.255 e. The minimum atomic E-state index is -0.271. The lowest BCUT2D eigenvalue weighted by atomic mass is 10.1. The van der Waals surface area contributed by atoms with Crippen molar-refractivity contribution in [3.05, 3.63) is 58.7 Å². The second-order valence-corrected chi connectivity index (χ2v) is 6.55. The van der Waals surface area contributed by atoms with E-state index in [0.717, 1.165) is 36.3 Å². The zero-order valence-corrected chi connectivity index (χ0v) is 15.1. The summed E-state index contributed by atoms with van der Waals surface area (Å²) in [5, 5.41) is 22.3. The molecular weight excluding hydrogens is 326 g/mol. The molecule has 5 heteroatoms. The lowest BCUT2D eigenvalue weighted by Crippen LogP contribution is -2.35. The molecule has 0 radical (unpaired) electrons. The number of nitrogens with zero attached hydrogens (tertiary/aromatic N) is 2. The zero-order valence-electron chi connectivity index (χ0n) is 15.1. The number of hydrogen-bond donors (Lipinski definition) is 2. The molecule has 1 aliphatic rings. The predicted octanol–water partition coefficient (Wildman–Crippen LogP) is 3.01. The van der Waals surface area contributed by atoms with Crippen molar-refractivity contribution in [1.29, 1.82) is 5.26 Å². The van der Waals surface area contributed by atoms with Gasteiger partial charge in [0.2, 0.25) is 0 Å². The number of fused-ring (bicyclic) bond motifs is 1. The van der Waals surface area contributed by atoms with E-state index in [-0.39, 0.29) is 23.3 Å². The summed E-state index contributed by atoms with van der Waals surface area (Å²) in [6.45, 7) is 5.78. The van der Waals surface area contributed by atoms with Gasteiger partial charge in [-0.25, -0.2) is 0 Å². The molecule has 0 aromatic heterocycles. The van der Waals surface area contributed by atoms with Gasteiger partial charge in [-0.05, 0) is 62.1 Å². The minimum absolute atomic E-state index is 0.00539. The van der Waals surface area contributed by atoms with E-state index in [9.17, 15) is 9.90 Å². The molecule has 1 amide bonds. The van der Waals surface area contributed by atoms with E-state index >= 15 is 0 Å². The molecule has 26 heavy (non-hydrogen) atoms. The van der Waals surface area contributed by atoms with Gasteiger partial charge in [0.1, 0.15) is 5.75 Å². The van der Waals surface area contributed by atoms with Crippen LogP contribution in [0.25, 0.3) is 0 Å². The summed E-state index contributed by atoms with van der Waals surface area (Å²) in [4.78, 5) is 14.7. The predicted molar refractivity (Wildman–Crippen MR) is 101 cm³/mol. The maximum atomic E-state index is 12.6. The molecule has 0 heterocycles. The fourth-order valence-electron chi connectivity index (χ4n) is 3.55. The number of rotatable bonds is 5. The normalized spacial score (nSPS) is 15.2. The van der Waals surface area contributed by atoms with Crippen molar-refractivity contribution in [3.63, 3.8) is 0 Å². The Morgan fingerprint density at radius 3 is 2.58 bits per heavy atom. The van der Waals surface area contributed by atoms with Crippen LogP contribution in [0.5, 0.6) is 5.75 Å². The highest BCUT2D eigenvalue weighted by Crippen LogP contribution is 2.27. The van der Waals surface area contributed by atoms with E-state index in [1.165, 1.54) is 0 Å². The van der Waals surface area contributed by atoms with Crippen molar-refractivity contribution in [2.45, 2.75) is 32.7 Å². The van der Waals surface area contributed by atoms with Gasteiger partial charge in [-0.3, -0.25) is 4.79 Å². The third-order valence-electron chi connectivity index (χ3n) is 4.96. The molecule has 1 unspecified atom stereocenters. The number of nitriles is 1. The standard InChI is InChI=1S/C21H23N3O2/c1-3-24(4-2)18-7-8-19(20(25)12-18)21(26)23-17-10-15-6-5-14(13-22)9-16(15)11-17/h5-9,12,17,25H,3-4,10-11H2,1-2H3,(H,23,26). The quantitative estimate of drug-likeness (QED) is 0.870. The van der Waals surface area contributed by atoms with E-state index < -0.39 is 0 Å². The van der Waals surface area contributed by atoms with Crippen LogP contribution < -0.4 is 10.2 Å². The maximum absolute atomic E-state index is 12.6. The number of aromatic hydroxyl groups is 1. The number of phenols is 1. The van der Waals surface area contributed by atoms with Crippen LogP contribution in [0.2, 0.25) is 0 Å². The summed E-state index contributed by atoms with van der Waals surface area (Å²) < 4.78 is 0. The van der Waals surface area contributed by atoms with Crippen LogP contribution in [-0.4, -0.2) is 30.1 Å². The van der Waals surface area contributed by atoms with Crippen molar-refractivity contribution in [3.8, 4) is 11.8 Å². The third kappa shape index (κ3) is 3.50. The van der Waals surface area contributed by atoms with Crippen LogP contribution in [0.15, 0.2) is 36.4 Å². The van der Waals surface area contributed by atoms with Crippen LogP contribution in [0.1, 0.15) is 40.9 Å². The molecule has 3 rings (SSSR count). The molecule has 2 aromatic rings. The Kier molecular flexibility index (Phi) is 5.13. The molecule has 0 saturated carbocycles. The van der Waals surface area contributed by atoms with Gasteiger partial charge in [-0.1, -0.05) is 6.07 Å². The Morgan fingerprint density at radius 1 is 1.19 bits per heavy atom. The number of hydrogen-bond acceptors (Lipinski definition) is 4. The van der Waals surface area contributed by atoms with Gasteiger partial charge >= 0.3 is 0 Å². The van der Waals surface area contributed by atoms with Gasteiger partial charge in [-0.2, -0.15) is 5.26 Å². The first-order valence-corrected chi connectivity index (χ1v) is 8.96. The summed E-state index contributed by atoms with van der Waals surface area (Å²) >= 11 is 0. The largest absolute Gasteiger partial charge is 0.507 e. The van der Waals surface area contributed by atoms with Crippen molar-refractivity contribution in [2.75, 3.05) is 18.0 Å². The molecule has 0 fully saturated rings. The lowest BCUT2D eigenvalue weighted by Gasteiger charge is -2.21. The monoisotopic (exact) mass is 349 g/mol. The minimum Gasteiger partial charge on any atom is -0.507 e. The number of benzene rings is 2. The van der Waals surface area contributed by atoms with Gasteiger partial charge < -0.3 is 15.3 Å². The molecule has 134 valence electrons. The molecule has 2 N–H and O–H groups in total. The van der Waals surface area contributed by atoms with E-state index in [4.69, 9.17) is 5.26 Å². The van der Waals surface area contributed by atoms with E-state index in [1.54, 1.807) is 18.2 Å². The number of carbonyl (C=O) groups is 1. The number of nitrogens with one attached hydrogen (secondary N) is 1. The average Bonchev–Trinajstić information content (AvgIpc) is 3.03. The molecular formula is C21H23N3O2. The van der Waals surface area contributed by atoms with E-state index in [1.807, 2.05) is 18.2 Å². The first-order valence-electron chi connectivity index (χ1n) is 8.96. The van der Waals surface area contributed by atoms with Crippen LogP contribution >= 0.6 is 0 Å². The van der Waals surface area contributed by atoms with Crippen LogP contribution in [0, 0.1) is 11.3 Å². The summed E-state index contributed by atoms with van der Waals surface area (Å²) in [7, 11) is 0. The van der Waals surface area contributed by atoms with Gasteiger partial charge in [0.15, 0.2) is 0 Å². The Balaban J connectivity index is 1.70. The summed E-state index contributed by atoms with van der Waals surface area (Å²) in [6, 6.07) is 13.0. The second kappa shape index (κ2) is 7.49. The summed E-state index contributed by atoms with van der Waals surface area (Å²) in [6.07, 6.45) is 1.44. The van der Waals surface area contributed by atoms with Crippen molar-refractivity contribution in [1.82, 2.24) is 5.32 Å². The SMILES string of the molecule is CCN(CC)c1ccc(C(=O)NC2Cc3ccc(C#N)cc3C2)c(O)c1. The molecule has 2 aromatic carbocycles. The Labute approximate surface area is 153 Å². The molecule has 0 spiro atoms. The van der Waals surface area contributed by atoms with Crippen LogP contribution in [0.4, 0.5) is 5.69 Å². The highest BCUT2D eigenvalue weighted by Gasteiger charge is 2.24. The van der Waals surface area contributed by atoms with E-state index in [0.29, 0.717) is 12.0 Å². The highest BCUT2D eigenvalue weighted by atomic mass is 16.3. The molecule has 5 nitrogen and oxygen atoms in total. The van der Waals surface area contributed by atoms with Crippen LogP contribution in [0.3, 0.4) is 0 Å². The Bertz CT molecular complexity index is 866. The zero-order chi connectivity index (χ0) is 18.7. The first kappa shape index (κ1) is 17.8. The van der Waals surface area contributed by atoms with Gasteiger partial charge in [0.05, 0.1) is 17.2 Å². The Hall–Kier alpha value is -3.00. The number of phenolic OH excluding ortho intramolecular Hbond substituents is 1. The van der Waals surface area contributed by atoms with E-state index in [2.05, 4.69) is 30.1 Å². The number of amides is 1. The van der Waals surface area contributed by atoms with Crippen molar-refractivity contribution in [2.24, 2.45) is 0 Å². The molecule has 0 bridgehead atoms. The summed E-state index contributed by atoms with van der Waals surface area (Å²) in [5.74, 6) is -0.277. The molecule has 0 saturated heterocycles. The number of carbonyl (C=O) groups excluding carboxylic acids is 1. The second-order valence-electron chi connectivity index (χ2n) is 6.55. The fraction of sp³-hybridized carbons (Fsp3) is 0.333. The van der Waals surface area contributed by atoms with Crippen molar-refractivity contribution >= 4 is 11.6 Å². The Morgan fingerprint density at radius 2 is 1.92 bits per heavy atom. The fourth-order valence-corrected chi connectivity index (χ4v) is 3.55. The van der Waals surface area contributed by atoms with Crippen molar-refractivity contribution < 1.29 is 9.90 Å².